The third-order valence-electron chi connectivity index (χ3n) is 4.43. The molecule has 23 heavy (non-hydrogen) atoms. The zero-order valence-corrected chi connectivity index (χ0v) is 13.1. The summed E-state index contributed by atoms with van der Waals surface area (Å²) in [6.07, 6.45) is 4.76. The van der Waals surface area contributed by atoms with Crippen LogP contribution >= 0.6 is 0 Å². The summed E-state index contributed by atoms with van der Waals surface area (Å²) >= 11 is 0. The normalized spacial score (nSPS) is 16.5. The Morgan fingerprint density at radius 3 is 2.78 bits per heavy atom. The van der Waals surface area contributed by atoms with Crippen molar-refractivity contribution in [2.75, 3.05) is 13.6 Å². The first-order valence-electron chi connectivity index (χ1n) is 7.76. The van der Waals surface area contributed by atoms with E-state index in [1.807, 2.05) is 0 Å². The second-order valence-electron chi connectivity index (χ2n) is 6.23. The van der Waals surface area contributed by atoms with Gasteiger partial charge in [0.25, 0.3) is 5.91 Å². The number of aromatic amines is 1. The van der Waals surface area contributed by atoms with Crippen LogP contribution in [-0.2, 0) is 0 Å². The van der Waals surface area contributed by atoms with Crippen LogP contribution in [0.25, 0.3) is 11.3 Å². The number of hydrogen-bond donors (Lipinski definition) is 2. The Bertz CT molecular complexity index is 707. The molecular formula is C17H20FN3O2. The lowest BCUT2D eigenvalue weighted by molar-refractivity contribution is 0.0157. The van der Waals surface area contributed by atoms with Crippen LogP contribution in [0.2, 0.25) is 0 Å². The van der Waals surface area contributed by atoms with Gasteiger partial charge in [0.15, 0.2) is 0 Å². The first-order valence-corrected chi connectivity index (χ1v) is 7.76. The lowest BCUT2D eigenvalue weighted by atomic mass is 10.0. The zero-order valence-electron chi connectivity index (χ0n) is 13.1. The summed E-state index contributed by atoms with van der Waals surface area (Å²) in [5, 5.41) is 17.1. The molecule has 1 aliphatic carbocycles. The molecule has 122 valence electrons. The van der Waals surface area contributed by atoms with Gasteiger partial charge < -0.3 is 10.0 Å². The second-order valence-corrected chi connectivity index (χ2v) is 6.23. The highest BCUT2D eigenvalue weighted by atomic mass is 19.1. The number of halogens is 1. The molecule has 1 fully saturated rings. The van der Waals surface area contributed by atoms with Crippen LogP contribution in [0.5, 0.6) is 0 Å². The number of likely N-dealkylation sites (N-methyl/N-ethyl adjacent to an activating group) is 1. The van der Waals surface area contributed by atoms with E-state index in [2.05, 4.69) is 10.2 Å². The van der Waals surface area contributed by atoms with E-state index in [0.29, 0.717) is 29.7 Å². The minimum Gasteiger partial charge on any atom is -0.388 e. The fourth-order valence-corrected chi connectivity index (χ4v) is 3.23. The molecule has 1 aromatic carbocycles. The summed E-state index contributed by atoms with van der Waals surface area (Å²) in [4.78, 5) is 14.2. The number of carbonyl (C=O) groups excluding carboxylic acids is 1. The summed E-state index contributed by atoms with van der Waals surface area (Å²) in [5.41, 5.74) is 0.158. The van der Waals surface area contributed by atoms with Gasteiger partial charge in [0.1, 0.15) is 5.82 Å². The minimum absolute atomic E-state index is 0.272. The maximum absolute atomic E-state index is 14.0. The average molecular weight is 317 g/mol. The third kappa shape index (κ3) is 3.12. The van der Waals surface area contributed by atoms with Gasteiger partial charge in [-0.3, -0.25) is 9.89 Å². The van der Waals surface area contributed by atoms with Gasteiger partial charge in [-0.2, -0.15) is 5.10 Å². The molecule has 1 saturated carbocycles. The highest BCUT2D eigenvalue weighted by molar-refractivity contribution is 5.99. The van der Waals surface area contributed by atoms with Crippen LogP contribution in [0.1, 0.15) is 36.0 Å². The van der Waals surface area contributed by atoms with Crippen molar-refractivity contribution in [3.8, 4) is 11.3 Å². The Morgan fingerprint density at radius 2 is 2.09 bits per heavy atom. The van der Waals surface area contributed by atoms with Gasteiger partial charge in [0.2, 0.25) is 0 Å². The molecule has 2 aromatic rings. The van der Waals surface area contributed by atoms with E-state index in [9.17, 15) is 14.3 Å². The Morgan fingerprint density at radius 1 is 1.39 bits per heavy atom. The van der Waals surface area contributed by atoms with Crippen molar-refractivity contribution >= 4 is 5.91 Å². The van der Waals surface area contributed by atoms with Crippen molar-refractivity contribution in [3.63, 3.8) is 0 Å². The number of aromatic nitrogens is 2. The van der Waals surface area contributed by atoms with Crippen LogP contribution < -0.4 is 0 Å². The molecule has 2 N–H and O–H groups in total. The summed E-state index contributed by atoms with van der Waals surface area (Å²) in [7, 11) is 1.65. The molecule has 0 radical (unpaired) electrons. The average Bonchev–Trinajstić information content (AvgIpc) is 3.16. The molecule has 1 aliphatic rings. The largest absolute Gasteiger partial charge is 0.388 e. The van der Waals surface area contributed by atoms with Crippen molar-refractivity contribution in [1.82, 2.24) is 15.1 Å². The zero-order chi connectivity index (χ0) is 16.4. The molecule has 3 rings (SSSR count). The maximum Gasteiger partial charge on any atom is 0.257 e. The van der Waals surface area contributed by atoms with Gasteiger partial charge in [-0.15, -0.1) is 0 Å². The Labute approximate surface area is 134 Å². The number of hydrogen-bond acceptors (Lipinski definition) is 3. The Balaban J connectivity index is 1.84. The Kier molecular flexibility index (Phi) is 4.17. The van der Waals surface area contributed by atoms with Gasteiger partial charge >= 0.3 is 0 Å². The standard InChI is InChI=1S/C17H20FN3O2/c1-21(11-17(23)8-4-5-9-17)16(22)13-10-19-20-15(13)12-6-2-3-7-14(12)18/h2-3,6-7,10,23H,4-5,8-9,11H2,1H3,(H,19,20). The first-order chi connectivity index (χ1) is 11.0. The van der Waals surface area contributed by atoms with Gasteiger partial charge in [0, 0.05) is 19.2 Å². The minimum atomic E-state index is -0.813. The van der Waals surface area contributed by atoms with Crippen molar-refractivity contribution in [3.05, 3.63) is 41.8 Å². The number of H-pyrrole nitrogens is 1. The molecule has 0 unspecified atom stereocenters. The van der Waals surface area contributed by atoms with Crippen LogP contribution in [0.4, 0.5) is 4.39 Å². The number of aliphatic hydroxyl groups is 1. The molecule has 1 amide bonds. The van der Waals surface area contributed by atoms with E-state index in [4.69, 9.17) is 0 Å². The third-order valence-corrected chi connectivity index (χ3v) is 4.43. The van der Waals surface area contributed by atoms with Crippen molar-refractivity contribution in [2.24, 2.45) is 0 Å². The number of carbonyl (C=O) groups is 1. The topological polar surface area (TPSA) is 69.2 Å². The van der Waals surface area contributed by atoms with E-state index in [0.717, 1.165) is 12.8 Å². The van der Waals surface area contributed by atoms with E-state index < -0.39 is 11.4 Å². The lowest BCUT2D eigenvalue weighted by Gasteiger charge is -2.28. The molecule has 0 bridgehead atoms. The number of nitrogens with one attached hydrogen (secondary N) is 1. The van der Waals surface area contributed by atoms with Crippen LogP contribution in [0.15, 0.2) is 30.5 Å². The number of rotatable bonds is 4. The SMILES string of the molecule is CN(CC1(O)CCCC1)C(=O)c1cn[nH]c1-c1ccccc1F. The number of benzene rings is 1. The molecule has 0 spiro atoms. The number of amides is 1. The molecule has 5 nitrogen and oxygen atoms in total. The lowest BCUT2D eigenvalue weighted by Crippen LogP contribution is -2.42. The van der Waals surface area contributed by atoms with Crippen molar-refractivity contribution < 1.29 is 14.3 Å². The fraction of sp³-hybridized carbons (Fsp3) is 0.412. The molecular weight excluding hydrogens is 297 g/mol. The van der Waals surface area contributed by atoms with Crippen LogP contribution in [-0.4, -0.2) is 45.3 Å². The molecule has 6 heteroatoms. The summed E-state index contributed by atoms with van der Waals surface area (Å²) in [6.45, 7) is 0.272. The molecule has 0 aliphatic heterocycles. The first kappa shape index (κ1) is 15.7. The molecule has 1 heterocycles. The van der Waals surface area contributed by atoms with E-state index in [-0.39, 0.29) is 12.5 Å². The van der Waals surface area contributed by atoms with Crippen LogP contribution in [0.3, 0.4) is 0 Å². The van der Waals surface area contributed by atoms with Crippen LogP contribution in [0, 0.1) is 5.82 Å². The predicted octanol–water partition coefficient (Wildman–Crippen LogP) is 2.59. The van der Waals surface area contributed by atoms with E-state index in [1.54, 1.807) is 25.2 Å². The summed E-state index contributed by atoms with van der Waals surface area (Å²) in [5.74, 6) is -0.694. The van der Waals surface area contributed by atoms with E-state index in [1.165, 1.54) is 17.2 Å². The highest BCUT2D eigenvalue weighted by Gasteiger charge is 2.34. The van der Waals surface area contributed by atoms with Gasteiger partial charge in [-0.1, -0.05) is 25.0 Å². The summed E-state index contributed by atoms with van der Waals surface area (Å²) < 4.78 is 14.0. The van der Waals surface area contributed by atoms with Gasteiger partial charge in [0.05, 0.1) is 23.1 Å². The number of nitrogens with zero attached hydrogens (tertiary/aromatic N) is 2. The van der Waals surface area contributed by atoms with Crippen molar-refractivity contribution in [2.45, 2.75) is 31.3 Å². The van der Waals surface area contributed by atoms with E-state index >= 15 is 0 Å². The molecule has 1 aromatic heterocycles. The van der Waals surface area contributed by atoms with Gasteiger partial charge in [-0.05, 0) is 25.0 Å². The fourth-order valence-electron chi connectivity index (χ4n) is 3.23. The monoisotopic (exact) mass is 317 g/mol. The van der Waals surface area contributed by atoms with Crippen molar-refractivity contribution in [1.29, 1.82) is 0 Å². The maximum atomic E-state index is 14.0. The molecule has 0 atom stereocenters. The van der Waals surface area contributed by atoms with Gasteiger partial charge in [-0.25, -0.2) is 4.39 Å². The summed E-state index contributed by atoms with van der Waals surface area (Å²) in [6, 6.07) is 6.25. The quantitative estimate of drug-likeness (QED) is 0.910. The second kappa shape index (κ2) is 6.12. The molecule has 0 saturated heterocycles. The Hall–Kier alpha value is -2.21. The highest BCUT2D eigenvalue weighted by Crippen LogP contribution is 2.31. The smallest absolute Gasteiger partial charge is 0.257 e. The predicted molar refractivity (Wildman–Crippen MR) is 84.4 cm³/mol.